The number of carbonyl (C=O) groups is 2. The fourth-order valence-electron chi connectivity index (χ4n) is 2.24. The van der Waals surface area contributed by atoms with E-state index in [0.29, 0.717) is 18.5 Å². The van der Waals surface area contributed by atoms with Crippen LogP contribution < -0.4 is 0 Å². The molecule has 6 nitrogen and oxygen atoms in total. The van der Waals surface area contributed by atoms with Crippen LogP contribution in [0, 0.1) is 0 Å². The second-order valence-electron chi connectivity index (χ2n) is 5.00. The Morgan fingerprint density at radius 1 is 1.13 bits per heavy atom. The Morgan fingerprint density at radius 3 is 2.70 bits per heavy atom. The van der Waals surface area contributed by atoms with Gasteiger partial charge in [0, 0.05) is 18.8 Å². The van der Waals surface area contributed by atoms with E-state index in [1.807, 2.05) is 30.3 Å². The van der Waals surface area contributed by atoms with Gasteiger partial charge in [0.1, 0.15) is 0 Å². The minimum atomic E-state index is -0.571. The fourth-order valence-corrected chi connectivity index (χ4v) is 2.24. The molecule has 0 bridgehead atoms. The molecule has 0 fully saturated rings. The zero-order valence-corrected chi connectivity index (χ0v) is 12.4. The molecule has 1 aliphatic rings. The summed E-state index contributed by atoms with van der Waals surface area (Å²) >= 11 is 0. The van der Waals surface area contributed by atoms with Crippen molar-refractivity contribution in [1.82, 2.24) is 9.99 Å². The smallest absolute Gasteiger partial charge is 0.340 e. The highest BCUT2D eigenvalue weighted by molar-refractivity contribution is 6.02. The van der Waals surface area contributed by atoms with Crippen molar-refractivity contribution in [2.24, 2.45) is 5.10 Å². The highest BCUT2D eigenvalue weighted by atomic mass is 16.5. The van der Waals surface area contributed by atoms with Gasteiger partial charge in [-0.05, 0) is 17.7 Å². The number of esters is 1. The normalized spacial score (nSPS) is 13.6. The standard InChI is InChI=1S/C17H15N3O3/c21-16(12-23-17(22)14-7-4-9-18-11-14)20-10-8-15(19-20)13-5-2-1-3-6-13/h1-7,9,11H,8,10,12H2. The van der Waals surface area contributed by atoms with Crippen molar-refractivity contribution in [2.75, 3.05) is 13.2 Å². The first-order valence-corrected chi connectivity index (χ1v) is 7.24. The number of hydrogen-bond acceptors (Lipinski definition) is 5. The van der Waals surface area contributed by atoms with E-state index in [-0.39, 0.29) is 12.5 Å². The summed E-state index contributed by atoms with van der Waals surface area (Å²) in [5, 5.41) is 5.65. The van der Waals surface area contributed by atoms with Crippen LogP contribution in [0.2, 0.25) is 0 Å². The number of nitrogens with zero attached hydrogens (tertiary/aromatic N) is 3. The second kappa shape index (κ2) is 6.83. The molecule has 0 radical (unpaired) electrons. The average Bonchev–Trinajstić information content (AvgIpc) is 3.11. The number of rotatable bonds is 4. The predicted octanol–water partition coefficient (Wildman–Crippen LogP) is 1.87. The summed E-state index contributed by atoms with van der Waals surface area (Å²) in [5.41, 5.74) is 2.17. The van der Waals surface area contributed by atoms with Gasteiger partial charge in [-0.2, -0.15) is 5.10 Å². The van der Waals surface area contributed by atoms with Crippen molar-refractivity contribution >= 4 is 17.6 Å². The molecule has 0 N–H and O–H groups in total. The van der Waals surface area contributed by atoms with E-state index < -0.39 is 5.97 Å². The van der Waals surface area contributed by atoms with Crippen LogP contribution in [0.25, 0.3) is 0 Å². The lowest BCUT2D eigenvalue weighted by Gasteiger charge is -2.11. The van der Waals surface area contributed by atoms with Gasteiger partial charge in [0.15, 0.2) is 6.61 Å². The first-order chi connectivity index (χ1) is 11.2. The third-order valence-corrected chi connectivity index (χ3v) is 3.42. The summed E-state index contributed by atoms with van der Waals surface area (Å²) in [7, 11) is 0. The first kappa shape index (κ1) is 14.9. The number of carbonyl (C=O) groups excluding carboxylic acids is 2. The lowest BCUT2D eigenvalue weighted by molar-refractivity contribution is -0.134. The van der Waals surface area contributed by atoms with Gasteiger partial charge in [-0.3, -0.25) is 9.78 Å². The third kappa shape index (κ3) is 3.60. The van der Waals surface area contributed by atoms with Crippen molar-refractivity contribution in [3.63, 3.8) is 0 Å². The molecule has 1 aliphatic heterocycles. The largest absolute Gasteiger partial charge is 0.452 e. The van der Waals surface area contributed by atoms with Gasteiger partial charge >= 0.3 is 5.97 Å². The Hall–Kier alpha value is -3.02. The van der Waals surface area contributed by atoms with Crippen molar-refractivity contribution in [1.29, 1.82) is 0 Å². The SMILES string of the molecule is O=C(OCC(=O)N1CCC(c2ccccc2)=N1)c1cccnc1. The van der Waals surface area contributed by atoms with E-state index in [1.165, 1.54) is 11.2 Å². The van der Waals surface area contributed by atoms with Gasteiger partial charge in [-0.15, -0.1) is 0 Å². The van der Waals surface area contributed by atoms with E-state index in [4.69, 9.17) is 4.74 Å². The van der Waals surface area contributed by atoms with Crippen LogP contribution in [0.3, 0.4) is 0 Å². The lowest BCUT2D eigenvalue weighted by Crippen LogP contribution is -2.28. The number of hydrazone groups is 1. The molecule has 1 aromatic carbocycles. The third-order valence-electron chi connectivity index (χ3n) is 3.42. The van der Waals surface area contributed by atoms with E-state index in [2.05, 4.69) is 10.1 Å². The summed E-state index contributed by atoms with van der Waals surface area (Å²) in [6.07, 6.45) is 3.65. The molecule has 0 saturated heterocycles. The Morgan fingerprint density at radius 2 is 1.96 bits per heavy atom. The van der Waals surface area contributed by atoms with Crippen molar-refractivity contribution in [2.45, 2.75) is 6.42 Å². The molecule has 0 unspecified atom stereocenters. The second-order valence-corrected chi connectivity index (χ2v) is 5.00. The molecular formula is C17H15N3O3. The van der Waals surface area contributed by atoms with Crippen molar-refractivity contribution in [3.05, 3.63) is 66.0 Å². The Kier molecular flexibility index (Phi) is 4.42. The predicted molar refractivity (Wildman–Crippen MR) is 83.8 cm³/mol. The molecule has 0 atom stereocenters. The van der Waals surface area contributed by atoms with Gasteiger partial charge < -0.3 is 4.74 Å². The summed E-state index contributed by atoms with van der Waals surface area (Å²) in [6.45, 7) is 0.160. The first-order valence-electron chi connectivity index (χ1n) is 7.24. The van der Waals surface area contributed by atoms with Crippen LogP contribution >= 0.6 is 0 Å². The van der Waals surface area contributed by atoms with Crippen LogP contribution in [0.15, 0.2) is 60.0 Å². The summed E-state index contributed by atoms with van der Waals surface area (Å²) in [6, 6.07) is 12.9. The van der Waals surface area contributed by atoms with Crippen molar-refractivity contribution < 1.29 is 14.3 Å². The molecular weight excluding hydrogens is 294 g/mol. The number of benzene rings is 1. The number of hydrogen-bond donors (Lipinski definition) is 0. The van der Waals surface area contributed by atoms with E-state index in [0.717, 1.165) is 11.3 Å². The Labute approximate surface area is 133 Å². The lowest BCUT2D eigenvalue weighted by atomic mass is 10.1. The number of amides is 1. The highest BCUT2D eigenvalue weighted by Gasteiger charge is 2.22. The molecule has 6 heteroatoms. The van der Waals surface area contributed by atoms with E-state index in [9.17, 15) is 9.59 Å². The number of aromatic nitrogens is 1. The zero-order valence-electron chi connectivity index (χ0n) is 12.4. The van der Waals surface area contributed by atoms with Crippen molar-refractivity contribution in [3.8, 4) is 0 Å². The van der Waals surface area contributed by atoms with Crippen LogP contribution in [-0.2, 0) is 9.53 Å². The molecule has 0 aliphatic carbocycles. The van der Waals surface area contributed by atoms with E-state index >= 15 is 0 Å². The van der Waals surface area contributed by atoms with Gasteiger partial charge in [0.2, 0.25) is 0 Å². The maximum absolute atomic E-state index is 12.1. The summed E-state index contributed by atoms with van der Waals surface area (Å²) in [5.74, 6) is -0.911. The number of pyridine rings is 1. The van der Waals surface area contributed by atoms with Crippen LogP contribution in [0.1, 0.15) is 22.3 Å². The minimum Gasteiger partial charge on any atom is -0.452 e. The molecule has 1 amide bonds. The summed E-state index contributed by atoms with van der Waals surface area (Å²) in [4.78, 5) is 27.7. The Balaban J connectivity index is 1.57. The quantitative estimate of drug-likeness (QED) is 0.808. The van der Waals surface area contributed by atoms with Crippen LogP contribution in [-0.4, -0.2) is 40.7 Å². The molecule has 23 heavy (non-hydrogen) atoms. The van der Waals surface area contributed by atoms with Gasteiger partial charge in [0.25, 0.3) is 5.91 Å². The Bertz CT molecular complexity index is 729. The zero-order chi connectivity index (χ0) is 16.1. The van der Waals surface area contributed by atoms with E-state index in [1.54, 1.807) is 18.3 Å². The average molecular weight is 309 g/mol. The van der Waals surface area contributed by atoms with Gasteiger partial charge in [-0.1, -0.05) is 30.3 Å². The van der Waals surface area contributed by atoms with Crippen LogP contribution in [0.4, 0.5) is 0 Å². The topological polar surface area (TPSA) is 71.9 Å². The molecule has 2 aromatic rings. The molecule has 116 valence electrons. The molecule has 0 spiro atoms. The fraction of sp³-hybridized carbons (Fsp3) is 0.176. The summed E-state index contributed by atoms with van der Waals surface area (Å²) < 4.78 is 5.00. The van der Waals surface area contributed by atoms with Gasteiger partial charge in [0.05, 0.1) is 17.8 Å². The molecule has 0 saturated carbocycles. The molecule has 2 heterocycles. The maximum Gasteiger partial charge on any atom is 0.340 e. The van der Waals surface area contributed by atoms with Gasteiger partial charge in [-0.25, -0.2) is 9.80 Å². The minimum absolute atomic E-state index is 0.315. The molecule has 1 aromatic heterocycles. The monoisotopic (exact) mass is 309 g/mol. The molecule has 3 rings (SSSR count). The highest BCUT2D eigenvalue weighted by Crippen LogP contribution is 2.13. The maximum atomic E-state index is 12.1. The number of ether oxygens (including phenoxy) is 1. The van der Waals surface area contributed by atoms with Crippen LogP contribution in [0.5, 0.6) is 0 Å².